The van der Waals surface area contributed by atoms with Gasteiger partial charge in [0.15, 0.2) is 0 Å². The van der Waals surface area contributed by atoms with Crippen LogP contribution in [0.2, 0.25) is 0 Å². The molecule has 2 atom stereocenters. The molecule has 0 aromatic carbocycles. The van der Waals surface area contributed by atoms with Crippen molar-refractivity contribution in [1.82, 2.24) is 0 Å². The summed E-state index contributed by atoms with van der Waals surface area (Å²) in [7, 11) is 0. The van der Waals surface area contributed by atoms with E-state index in [0.717, 1.165) is 12.8 Å². The zero-order valence-corrected chi connectivity index (χ0v) is 15.4. The number of aliphatic hydroxyl groups excluding tert-OH is 1. The molecule has 11 heteroatoms. The number of rotatable bonds is 2. The summed E-state index contributed by atoms with van der Waals surface area (Å²) >= 11 is 0. The topological polar surface area (TPSA) is 62.0 Å². The van der Waals surface area contributed by atoms with Crippen LogP contribution in [0.15, 0.2) is 46.1 Å². The first-order valence-electron chi connectivity index (χ1n) is 6.97. The third kappa shape index (κ3) is 9.22. The van der Waals surface area contributed by atoms with Crippen LogP contribution < -0.4 is 0 Å². The van der Waals surface area contributed by atoms with Crippen molar-refractivity contribution in [3.05, 3.63) is 36.1 Å². The summed E-state index contributed by atoms with van der Waals surface area (Å²) < 4.78 is 68.1. The van der Waals surface area contributed by atoms with Gasteiger partial charge in [0.1, 0.15) is 0 Å². The van der Waals surface area contributed by atoms with Crippen molar-refractivity contribution in [3.63, 3.8) is 0 Å². The minimum absolute atomic E-state index is 0. The van der Waals surface area contributed by atoms with Crippen LogP contribution in [-0.2, 0) is 4.79 Å². The number of hydrogen-bond donors (Lipinski definition) is 1. The van der Waals surface area contributed by atoms with E-state index in [0.29, 0.717) is 12.1 Å². The van der Waals surface area contributed by atoms with E-state index in [1.165, 1.54) is 0 Å². The second-order valence-corrected chi connectivity index (χ2v) is 4.95. The Morgan fingerprint density at radius 2 is 1.35 bits per heavy atom. The largest absolute Gasteiger partial charge is 0.504 e. The Morgan fingerprint density at radius 3 is 1.62 bits per heavy atom. The summed E-state index contributed by atoms with van der Waals surface area (Å²) in [5.74, 6) is -5.34. The van der Waals surface area contributed by atoms with Gasteiger partial charge in [-0.25, -0.2) is 0 Å². The van der Waals surface area contributed by atoms with Crippen LogP contribution in [-0.4, -0.2) is 47.8 Å². The Kier molecular flexibility index (Phi) is 10.8. The molecule has 2 aliphatic rings. The van der Waals surface area contributed by atoms with Gasteiger partial charge in [0.25, 0.3) is 5.78 Å². The first-order valence-corrected chi connectivity index (χ1v) is 6.97. The van der Waals surface area contributed by atoms with E-state index >= 15 is 0 Å². The summed E-state index contributed by atoms with van der Waals surface area (Å²) in [6.45, 7) is 0. The molecule has 0 aromatic heterocycles. The van der Waals surface area contributed by atoms with Crippen LogP contribution >= 0.6 is 0 Å². The van der Waals surface area contributed by atoms with Crippen LogP contribution in [0.3, 0.4) is 0 Å². The first kappa shape index (κ1) is 25.2. The molecule has 2 heterocycles. The fourth-order valence-electron chi connectivity index (χ4n) is 1.80. The minimum Gasteiger partial charge on any atom is -0.504 e. The maximum Gasteiger partial charge on any atom is 0.454 e. The number of halogens is 6. The SMILES string of the molecule is C1=CCC(C2CC=CC=N2)N=C1.O=C(/C=C(\O)C(F)(F)F)C(F)(F)F.[Eu]. The number of dihydropyridines is 2. The molecular weight excluding hydrogens is 506 g/mol. The number of alkyl halides is 6. The van der Waals surface area contributed by atoms with Gasteiger partial charge in [-0.3, -0.25) is 14.8 Å². The maximum atomic E-state index is 11.4. The number of nitrogens with zero attached hydrogens (tertiary/aromatic N) is 2. The summed E-state index contributed by atoms with van der Waals surface area (Å²) in [6, 6.07) is 0.743. The Bertz CT molecular complexity index is 593. The van der Waals surface area contributed by atoms with Gasteiger partial charge < -0.3 is 5.11 Å². The number of carbonyl (C=O) groups is 1. The molecule has 2 rings (SSSR count). The van der Waals surface area contributed by atoms with Gasteiger partial charge in [0, 0.05) is 67.9 Å². The summed E-state index contributed by atoms with van der Waals surface area (Å²) in [4.78, 5) is 18.6. The van der Waals surface area contributed by atoms with Crippen LogP contribution in [0.5, 0.6) is 0 Å². The van der Waals surface area contributed by atoms with Crippen LogP contribution in [0.4, 0.5) is 26.3 Å². The molecule has 0 fully saturated rings. The molecule has 2 unspecified atom stereocenters. The molecule has 1 radical (unpaired) electrons. The predicted molar refractivity (Wildman–Crippen MR) is 79.9 cm³/mol. The second-order valence-electron chi connectivity index (χ2n) is 4.95. The van der Waals surface area contributed by atoms with Crippen molar-refractivity contribution in [2.45, 2.75) is 37.3 Å². The van der Waals surface area contributed by atoms with E-state index in [1.807, 2.05) is 24.6 Å². The Hall–Kier alpha value is -0.806. The zero-order valence-electron chi connectivity index (χ0n) is 13.0. The standard InChI is InChI=1S/C10H12N2.C5H2F6O2.Eu/c1-3-7-11-9(5-1)10-6-2-4-8-12-10;6-4(7,8)2(12)1-3(13)5(9,10)11;/h1-4,7-10H,5-6H2;1,12H;/b;2-1-;. The van der Waals surface area contributed by atoms with Gasteiger partial charge in [-0.2, -0.15) is 26.3 Å². The normalized spacial score (nSPS) is 22.3. The fourth-order valence-corrected chi connectivity index (χ4v) is 1.80. The van der Waals surface area contributed by atoms with Crippen molar-refractivity contribution < 1.29 is 85.6 Å². The maximum absolute atomic E-state index is 11.4. The number of carbonyl (C=O) groups excluding carboxylic acids is 1. The van der Waals surface area contributed by atoms with Crippen molar-refractivity contribution >= 4 is 18.2 Å². The molecule has 0 aromatic rings. The summed E-state index contributed by atoms with van der Waals surface area (Å²) in [5, 5.41) is 7.93. The Labute approximate surface area is 186 Å². The van der Waals surface area contributed by atoms with E-state index < -0.39 is 30.0 Å². The van der Waals surface area contributed by atoms with Crippen molar-refractivity contribution in [1.29, 1.82) is 0 Å². The molecule has 0 saturated heterocycles. The number of ketones is 1. The second kappa shape index (κ2) is 11.1. The molecule has 0 saturated carbocycles. The van der Waals surface area contributed by atoms with Gasteiger partial charge in [0.2, 0.25) is 5.76 Å². The third-order valence-corrected chi connectivity index (χ3v) is 3.04. The Balaban J connectivity index is 0.000000463. The molecule has 2 aliphatic heterocycles. The summed E-state index contributed by atoms with van der Waals surface area (Å²) in [6.07, 6.45) is 2.46. The van der Waals surface area contributed by atoms with E-state index in [1.54, 1.807) is 0 Å². The van der Waals surface area contributed by atoms with Gasteiger partial charge in [-0.05, 0) is 25.0 Å². The van der Waals surface area contributed by atoms with Gasteiger partial charge >= 0.3 is 12.4 Å². The Morgan fingerprint density at radius 1 is 0.923 bits per heavy atom. The fraction of sp³-hybridized carbons (Fsp3) is 0.400. The van der Waals surface area contributed by atoms with E-state index in [2.05, 4.69) is 22.1 Å². The molecule has 0 amide bonds. The molecule has 26 heavy (non-hydrogen) atoms. The third-order valence-electron chi connectivity index (χ3n) is 3.04. The van der Waals surface area contributed by atoms with Crippen molar-refractivity contribution in [2.24, 2.45) is 9.98 Å². The average Bonchev–Trinajstić information content (AvgIpc) is 2.55. The molecule has 145 valence electrons. The van der Waals surface area contributed by atoms with Crippen LogP contribution in [0, 0.1) is 49.4 Å². The summed E-state index contributed by atoms with van der Waals surface area (Å²) in [5.41, 5.74) is 0. The average molecular weight is 520 g/mol. The molecule has 0 spiro atoms. The molecule has 4 nitrogen and oxygen atoms in total. The van der Waals surface area contributed by atoms with Gasteiger partial charge in [-0.15, -0.1) is 0 Å². The zero-order chi connectivity index (χ0) is 19.1. The number of aliphatic imine (C=N–C) groups is 2. The smallest absolute Gasteiger partial charge is 0.454 e. The number of aliphatic hydroxyl groups is 1. The van der Waals surface area contributed by atoms with Crippen LogP contribution in [0.1, 0.15) is 12.8 Å². The quantitative estimate of drug-likeness (QED) is 0.341. The molecule has 0 aliphatic carbocycles. The predicted octanol–water partition coefficient (Wildman–Crippen LogP) is 3.91. The van der Waals surface area contributed by atoms with E-state index in [9.17, 15) is 31.1 Å². The van der Waals surface area contributed by atoms with Gasteiger partial charge in [0.05, 0.1) is 12.1 Å². The molecular formula is C15H14EuF6N2O2. The van der Waals surface area contributed by atoms with Crippen molar-refractivity contribution in [2.75, 3.05) is 0 Å². The first-order chi connectivity index (χ1) is 11.5. The van der Waals surface area contributed by atoms with E-state index in [-0.39, 0.29) is 49.4 Å². The molecule has 1 N–H and O–H groups in total. The minimum atomic E-state index is -5.42. The number of allylic oxidation sites excluding steroid dienone is 4. The van der Waals surface area contributed by atoms with Gasteiger partial charge in [-0.1, -0.05) is 12.2 Å². The molecule has 0 bridgehead atoms. The van der Waals surface area contributed by atoms with Crippen LogP contribution in [0.25, 0.3) is 0 Å². The van der Waals surface area contributed by atoms with Crippen molar-refractivity contribution in [3.8, 4) is 0 Å². The van der Waals surface area contributed by atoms with E-state index in [4.69, 9.17) is 5.11 Å². The monoisotopic (exact) mass is 521 g/mol. The number of hydrogen-bond acceptors (Lipinski definition) is 4.